The Labute approximate surface area is 66.7 Å². The molecular weight excluding hydrogens is 146 g/mol. The lowest BCUT2D eigenvalue weighted by Gasteiger charge is -2.40. The fraction of sp³-hybridized carbons (Fsp3) is 0.857. The molecule has 0 unspecified atom stereocenters. The van der Waals surface area contributed by atoms with Crippen LogP contribution in [0.4, 0.5) is 0 Å². The first kappa shape index (κ1) is 7.95. The summed E-state index contributed by atoms with van der Waals surface area (Å²) in [5, 5.41) is 0. The molecule has 2 nitrogen and oxygen atoms in total. The Morgan fingerprint density at radius 3 is 2.40 bits per heavy atom. The SMILES string of the molecule is CCC1(CC(N)=S)COC1. The average Bonchev–Trinajstić information content (AvgIpc) is 1.78. The summed E-state index contributed by atoms with van der Waals surface area (Å²) in [5.74, 6) is 0. The van der Waals surface area contributed by atoms with Crippen molar-refractivity contribution in [2.75, 3.05) is 13.2 Å². The topological polar surface area (TPSA) is 35.2 Å². The largest absolute Gasteiger partial charge is 0.393 e. The molecule has 58 valence electrons. The van der Waals surface area contributed by atoms with E-state index in [1.54, 1.807) is 0 Å². The summed E-state index contributed by atoms with van der Waals surface area (Å²) in [6.07, 6.45) is 1.96. The van der Waals surface area contributed by atoms with E-state index in [1.807, 2.05) is 0 Å². The minimum absolute atomic E-state index is 0.297. The van der Waals surface area contributed by atoms with Gasteiger partial charge in [0.05, 0.1) is 18.2 Å². The highest BCUT2D eigenvalue weighted by Crippen LogP contribution is 2.34. The minimum atomic E-state index is 0.297. The summed E-state index contributed by atoms with van der Waals surface area (Å²) in [4.78, 5) is 0.616. The van der Waals surface area contributed by atoms with Gasteiger partial charge in [0, 0.05) is 11.8 Å². The molecule has 0 spiro atoms. The molecule has 1 aliphatic heterocycles. The first-order valence-electron chi connectivity index (χ1n) is 3.55. The Bertz CT molecular complexity index is 137. The summed E-state index contributed by atoms with van der Waals surface area (Å²) >= 11 is 4.83. The van der Waals surface area contributed by atoms with Gasteiger partial charge in [-0.15, -0.1) is 0 Å². The third kappa shape index (κ3) is 1.47. The van der Waals surface area contributed by atoms with Crippen molar-refractivity contribution in [2.45, 2.75) is 19.8 Å². The molecule has 1 heterocycles. The third-order valence-corrected chi connectivity index (χ3v) is 2.26. The number of nitrogens with two attached hydrogens (primary N) is 1. The molecule has 0 saturated carbocycles. The zero-order valence-electron chi connectivity index (χ0n) is 6.22. The van der Waals surface area contributed by atoms with Crippen LogP contribution in [0.2, 0.25) is 0 Å². The lowest BCUT2D eigenvalue weighted by Crippen LogP contribution is -2.44. The van der Waals surface area contributed by atoms with Gasteiger partial charge in [0.1, 0.15) is 0 Å². The van der Waals surface area contributed by atoms with Gasteiger partial charge < -0.3 is 10.5 Å². The first-order valence-corrected chi connectivity index (χ1v) is 3.95. The molecule has 3 heteroatoms. The maximum atomic E-state index is 5.44. The van der Waals surface area contributed by atoms with Gasteiger partial charge in [0.15, 0.2) is 0 Å². The molecule has 1 rings (SSSR count). The molecule has 0 aliphatic carbocycles. The Hall–Kier alpha value is -0.150. The van der Waals surface area contributed by atoms with E-state index < -0.39 is 0 Å². The predicted octanol–water partition coefficient (Wildman–Crippen LogP) is 1.09. The van der Waals surface area contributed by atoms with Crippen LogP contribution >= 0.6 is 12.2 Å². The van der Waals surface area contributed by atoms with Crippen molar-refractivity contribution in [3.05, 3.63) is 0 Å². The maximum Gasteiger partial charge on any atom is 0.0734 e. The fourth-order valence-corrected chi connectivity index (χ4v) is 1.50. The zero-order chi connectivity index (χ0) is 7.61. The lowest BCUT2D eigenvalue weighted by molar-refractivity contribution is -0.110. The normalized spacial score (nSPS) is 21.7. The van der Waals surface area contributed by atoms with E-state index in [4.69, 9.17) is 22.7 Å². The molecule has 0 aromatic rings. The van der Waals surface area contributed by atoms with Crippen LogP contribution in [0.25, 0.3) is 0 Å². The van der Waals surface area contributed by atoms with Gasteiger partial charge in [-0.1, -0.05) is 19.1 Å². The van der Waals surface area contributed by atoms with E-state index in [2.05, 4.69) is 6.92 Å². The van der Waals surface area contributed by atoms with E-state index in [-0.39, 0.29) is 0 Å². The number of thiocarbonyl (C=S) groups is 1. The van der Waals surface area contributed by atoms with Crippen LogP contribution in [-0.2, 0) is 4.74 Å². The Morgan fingerprint density at radius 1 is 1.70 bits per heavy atom. The smallest absolute Gasteiger partial charge is 0.0734 e. The van der Waals surface area contributed by atoms with Crippen LogP contribution in [0.15, 0.2) is 0 Å². The zero-order valence-corrected chi connectivity index (χ0v) is 7.04. The summed E-state index contributed by atoms with van der Waals surface area (Å²) in [6, 6.07) is 0. The lowest BCUT2D eigenvalue weighted by atomic mass is 9.80. The second-order valence-electron chi connectivity index (χ2n) is 2.99. The third-order valence-electron chi connectivity index (χ3n) is 2.12. The Balaban J connectivity index is 2.40. The standard InChI is InChI=1S/C7H13NOS/c1-2-7(3-6(8)10)4-9-5-7/h2-5H2,1H3,(H2,8,10). The van der Waals surface area contributed by atoms with Crippen molar-refractivity contribution >= 4 is 17.2 Å². The van der Waals surface area contributed by atoms with E-state index in [0.717, 1.165) is 26.1 Å². The van der Waals surface area contributed by atoms with E-state index in [9.17, 15) is 0 Å². The Kier molecular flexibility index (Phi) is 2.26. The first-order chi connectivity index (χ1) is 4.68. The van der Waals surface area contributed by atoms with Gasteiger partial charge >= 0.3 is 0 Å². The van der Waals surface area contributed by atoms with Crippen molar-refractivity contribution in [2.24, 2.45) is 11.1 Å². The molecule has 0 bridgehead atoms. The van der Waals surface area contributed by atoms with Crippen LogP contribution in [0.3, 0.4) is 0 Å². The number of ether oxygens (including phenoxy) is 1. The molecule has 0 radical (unpaired) electrons. The van der Waals surface area contributed by atoms with Crippen LogP contribution in [0.5, 0.6) is 0 Å². The van der Waals surface area contributed by atoms with Gasteiger partial charge in [-0.3, -0.25) is 0 Å². The number of rotatable bonds is 3. The van der Waals surface area contributed by atoms with Crippen molar-refractivity contribution in [3.8, 4) is 0 Å². The van der Waals surface area contributed by atoms with Gasteiger partial charge in [0.2, 0.25) is 0 Å². The van der Waals surface area contributed by atoms with Gasteiger partial charge in [-0.05, 0) is 6.42 Å². The minimum Gasteiger partial charge on any atom is -0.393 e. The van der Waals surface area contributed by atoms with Crippen LogP contribution in [0.1, 0.15) is 19.8 Å². The average molecular weight is 159 g/mol. The molecule has 1 saturated heterocycles. The van der Waals surface area contributed by atoms with Crippen molar-refractivity contribution in [1.82, 2.24) is 0 Å². The molecule has 0 atom stereocenters. The summed E-state index contributed by atoms with van der Waals surface area (Å²) < 4.78 is 5.11. The summed E-state index contributed by atoms with van der Waals surface area (Å²) in [6.45, 7) is 3.82. The second-order valence-corrected chi connectivity index (χ2v) is 3.51. The second kappa shape index (κ2) is 2.84. The van der Waals surface area contributed by atoms with Crippen LogP contribution in [-0.4, -0.2) is 18.2 Å². The predicted molar refractivity (Wildman–Crippen MR) is 44.9 cm³/mol. The van der Waals surface area contributed by atoms with Crippen molar-refractivity contribution in [3.63, 3.8) is 0 Å². The van der Waals surface area contributed by atoms with E-state index >= 15 is 0 Å². The molecule has 2 N–H and O–H groups in total. The number of hydrogen-bond acceptors (Lipinski definition) is 2. The number of hydrogen-bond donors (Lipinski definition) is 1. The van der Waals surface area contributed by atoms with Crippen molar-refractivity contribution < 1.29 is 4.74 Å². The summed E-state index contributed by atoms with van der Waals surface area (Å²) in [5.41, 5.74) is 5.74. The highest BCUT2D eigenvalue weighted by molar-refractivity contribution is 7.80. The Morgan fingerprint density at radius 2 is 2.30 bits per heavy atom. The van der Waals surface area contributed by atoms with Gasteiger partial charge in [-0.25, -0.2) is 0 Å². The maximum absolute atomic E-state index is 5.44. The van der Waals surface area contributed by atoms with Crippen LogP contribution < -0.4 is 5.73 Å². The van der Waals surface area contributed by atoms with E-state index in [1.165, 1.54) is 0 Å². The van der Waals surface area contributed by atoms with Crippen LogP contribution in [0, 0.1) is 5.41 Å². The molecule has 0 amide bonds. The highest BCUT2D eigenvalue weighted by atomic mass is 32.1. The molecular formula is C7H13NOS. The quantitative estimate of drug-likeness (QED) is 0.626. The molecule has 0 aromatic heterocycles. The fourth-order valence-electron chi connectivity index (χ4n) is 1.19. The molecule has 0 aromatic carbocycles. The molecule has 1 aliphatic rings. The summed E-state index contributed by atoms with van der Waals surface area (Å²) in [7, 11) is 0. The highest BCUT2D eigenvalue weighted by Gasteiger charge is 2.36. The van der Waals surface area contributed by atoms with E-state index in [0.29, 0.717) is 10.4 Å². The van der Waals surface area contributed by atoms with Crippen molar-refractivity contribution in [1.29, 1.82) is 0 Å². The van der Waals surface area contributed by atoms with Gasteiger partial charge in [-0.2, -0.15) is 0 Å². The molecule has 10 heavy (non-hydrogen) atoms. The van der Waals surface area contributed by atoms with Gasteiger partial charge in [0.25, 0.3) is 0 Å². The molecule has 1 fully saturated rings. The monoisotopic (exact) mass is 159 g/mol.